The molecule has 0 aromatic heterocycles. The number of aliphatic carboxylic acids is 1. The highest BCUT2D eigenvalue weighted by Crippen LogP contribution is 2.36. The quantitative estimate of drug-likeness (QED) is 0.691. The lowest BCUT2D eigenvalue weighted by Crippen LogP contribution is -2.45. The van der Waals surface area contributed by atoms with Crippen LogP contribution in [0.3, 0.4) is 0 Å². The molecule has 0 heterocycles. The van der Waals surface area contributed by atoms with Crippen LogP contribution in [0.2, 0.25) is 5.02 Å². The van der Waals surface area contributed by atoms with E-state index < -0.39 is 34.7 Å². The fraction of sp³-hybridized carbons (Fsp3) is 0.467. The van der Waals surface area contributed by atoms with Crippen molar-refractivity contribution in [2.24, 2.45) is 5.92 Å². The van der Waals surface area contributed by atoms with E-state index in [2.05, 4.69) is 10.6 Å². The summed E-state index contributed by atoms with van der Waals surface area (Å²) in [6.45, 7) is 3.19. The van der Waals surface area contributed by atoms with E-state index in [1.165, 1.54) is 6.07 Å². The Morgan fingerprint density at radius 2 is 1.96 bits per heavy atom. The monoisotopic (exact) mass is 366 g/mol. The second-order valence-electron chi connectivity index (χ2n) is 5.32. The first-order valence-corrected chi connectivity index (χ1v) is 7.56. The topological polar surface area (TPSA) is 78.4 Å². The zero-order valence-electron chi connectivity index (χ0n) is 13.1. The Labute approximate surface area is 142 Å². The molecule has 1 amide bonds. The number of carbonyl (C=O) groups is 2. The molecule has 3 N–H and O–H groups in total. The van der Waals surface area contributed by atoms with Crippen LogP contribution in [0.5, 0.6) is 0 Å². The molecule has 9 heteroatoms. The van der Waals surface area contributed by atoms with Gasteiger partial charge in [0.15, 0.2) is 0 Å². The van der Waals surface area contributed by atoms with Crippen LogP contribution in [0, 0.1) is 5.92 Å². The van der Waals surface area contributed by atoms with E-state index in [1.54, 1.807) is 6.92 Å². The van der Waals surface area contributed by atoms with Gasteiger partial charge in [-0.3, -0.25) is 14.9 Å². The van der Waals surface area contributed by atoms with Crippen molar-refractivity contribution in [3.63, 3.8) is 0 Å². The molecule has 0 fully saturated rings. The van der Waals surface area contributed by atoms with Crippen molar-refractivity contribution in [3.8, 4) is 0 Å². The summed E-state index contributed by atoms with van der Waals surface area (Å²) in [6, 6.07) is 2.08. The average molecular weight is 367 g/mol. The first-order valence-electron chi connectivity index (χ1n) is 7.19. The maximum atomic E-state index is 12.8. The number of rotatable bonds is 7. The number of alkyl halides is 3. The first kappa shape index (κ1) is 20.2. The number of benzene rings is 1. The van der Waals surface area contributed by atoms with Gasteiger partial charge in [0.25, 0.3) is 0 Å². The molecular weight excluding hydrogens is 349 g/mol. The van der Waals surface area contributed by atoms with Crippen LogP contribution in [-0.2, 0) is 15.8 Å². The molecular formula is C15H18ClF3N2O3. The summed E-state index contributed by atoms with van der Waals surface area (Å²) in [5.41, 5.74) is -1.13. The number of hydrogen-bond acceptors (Lipinski definition) is 3. The van der Waals surface area contributed by atoms with Gasteiger partial charge in [0.2, 0.25) is 5.91 Å². The van der Waals surface area contributed by atoms with Crippen LogP contribution in [0.4, 0.5) is 18.9 Å². The molecule has 134 valence electrons. The van der Waals surface area contributed by atoms with Gasteiger partial charge in [-0.05, 0) is 24.1 Å². The number of nitrogens with one attached hydrogen (secondary N) is 2. The molecule has 0 spiro atoms. The van der Waals surface area contributed by atoms with Crippen molar-refractivity contribution in [2.75, 3.05) is 11.9 Å². The molecule has 0 aliphatic carbocycles. The van der Waals surface area contributed by atoms with E-state index in [1.807, 2.05) is 6.92 Å². The number of carboxylic acid groups (broad SMARTS) is 1. The van der Waals surface area contributed by atoms with Crippen molar-refractivity contribution < 1.29 is 27.9 Å². The molecule has 1 rings (SSSR count). The average Bonchev–Trinajstić information content (AvgIpc) is 2.47. The number of hydrogen-bond donors (Lipinski definition) is 3. The van der Waals surface area contributed by atoms with Crippen molar-refractivity contribution >= 4 is 29.2 Å². The summed E-state index contributed by atoms with van der Waals surface area (Å²) in [6.07, 6.45) is -4.04. The largest absolute Gasteiger partial charge is 0.480 e. The summed E-state index contributed by atoms with van der Waals surface area (Å²) in [7, 11) is 0. The van der Waals surface area contributed by atoms with Gasteiger partial charge in [0.05, 0.1) is 17.1 Å². The van der Waals surface area contributed by atoms with Gasteiger partial charge in [-0.15, -0.1) is 0 Å². The minimum atomic E-state index is -4.64. The number of carbonyl (C=O) groups excluding carboxylic acids is 1. The smallest absolute Gasteiger partial charge is 0.417 e. The lowest BCUT2D eigenvalue weighted by molar-refractivity contribution is -0.141. The fourth-order valence-corrected chi connectivity index (χ4v) is 2.22. The van der Waals surface area contributed by atoms with Crippen LogP contribution >= 0.6 is 11.6 Å². The molecule has 24 heavy (non-hydrogen) atoms. The summed E-state index contributed by atoms with van der Waals surface area (Å²) in [4.78, 5) is 22.9. The van der Waals surface area contributed by atoms with E-state index in [0.29, 0.717) is 6.42 Å². The maximum absolute atomic E-state index is 12.8. The molecule has 0 saturated heterocycles. The lowest BCUT2D eigenvalue weighted by atomic mass is 9.99. The summed E-state index contributed by atoms with van der Waals surface area (Å²) in [5.74, 6) is -1.95. The number of amides is 1. The van der Waals surface area contributed by atoms with Crippen LogP contribution in [0.15, 0.2) is 18.2 Å². The fourth-order valence-electron chi connectivity index (χ4n) is 2.00. The summed E-state index contributed by atoms with van der Waals surface area (Å²) in [5, 5.41) is 13.5. The predicted molar refractivity (Wildman–Crippen MR) is 84.0 cm³/mol. The van der Waals surface area contributed by atoms with E-state index in [-0.39, 0.29) is 18.2 Å². The van der Waals surface area contributed by atoms with E-state index in [9.17, 15) is 22.8 Å². The minimum Gasteiger partial charge on any atom is -0.480 e. The van der Waals surface area contributed by atoms with Gasteiger partial charge >= 0.3 is 12.1 Å². The first-order chi connectivity index (χ1) is 11.1. The predicted octanol–water partition coefficient (Wildman–Crippen LogP) is 3.39. The van der Waals surface area contributed by atoms with E-state index in [0.717, 1.165) is 12.1 Å². The maximum Gasteiger partial charge on any atom is 0.417 e. The Balaban J connectivity index is 2.73. The molecule has 1 aromatic carbocycles. The SMILES string of the molecule is CC[C@H](C)[C@H](NCC(=O)Nc1ccc(Cl)c(C(F)(F)F)c1)C(=O)O. The molecule has 0 aliphatic heterocycles. The van der Waals surface area contributed by atoms with Crippen LogP contribution < -0.4 is 10.6 Å². The zero-order valence-corrected chi connectivity index (χ0v) is 13.8. The van der Waals surface area contributed by atoms with Crippen molar-refractivity contribution in [1.29, 1.82) is 0 Å². The van der Waals surface area contributed by atoms with Crippen LogP contribution in [-0.4, -0.2) is 29.6 Å². The van der Waals surface area contributed by atoms with Gasteiger partial charge in [-0.1, -0.05) is 31.9 Å². The summed E-state index contributed by atoms with van der Waals surface area (Å²) < 4.78 is 38.3. The van der Waals surface area contributed by atoms with Gasteiger partial charge in [0.1, 0.15) is 6.04 Å². The van der Waals surface area contributed by atoms with Crippen LogP contribution in [0.1, 0.15) is 25.8 Å². The normalized spacial score (nSPS) is 14.1. The zero-order chi connectivity index (χ0) is 18.5. The third-order valence-electron chi connectivity index (χ3n) is 3.52. The second-order valence-corrected chi connectivity index (χ2v) is 5.73. The van der Waals surface area contributed by atoms with Crippen molar-refractivity contribution in [3.05, 3.63) is 28.8 Å². The Morgan fingerprint density at radius 3 is 2.46 bits per heavy atom. The van der Waals surface area contributed by atoms with Crippen molar-refractivity contribution in [1.82, 2.24) is 5.32 Å². The standard InChI is InChI=1S/C15H18ClF3N2O3/c1-3-8(2)13(14(23)24)20-7-12(22)21-9-4-5-11(16)10(6-9)15(17,18)19/h4-6,8,13,20H,3,7H2,1-2H3,(H,21,22)(H,23,24)/t8-,13-/m0/s1. The molecule has 0 saturated carbocycles. The highest BCUT2D eigenvalue weighted by atomic mass is 35.5. The van der Waals surface area contributed by atoms with Gasteiger partial charge in [0, 0.05) is 5.69 Å². The lowest BCUT2D eigenvalue weighted by Gasteiger charge is -2.20. The minimum absolute atomic E-state index is 0.0751. The van der Waals surface area contributed by atoms with Crippen molar-refractivity contribution in [2.45, 2.75) is 32.5 Å². The Morgan fingerprint density at radius 1 is 1.33 bits per heavy atom. The molecule has 0 radical (unpaired) electrons. The van der Waals surface area contributed by atoms with E-state index in [4.69, 9.17) is 16.7 Å². The molecule has 0 aliphatic rings. The second kappa shape index (κ2) is 8.34. The third-order valence-corrected chi connectivity index (χ3v) is 3.85. The number of halogens is 4. The van der Waals surface area contributed by atoms with Gasteiger partial charge < -0.3 is 10.4 Å². The number of anilines is 1. The Hall–Kier alpha value is -1.80. The van der Waals surface area contributed by atoms with E-state index >= 15 is 0 Å². The summed E-state index contributed by atoms with van der Waals surface area (Å²) >= 11 is 5.50. The van der Waals surface area contributed by atoms with Gasteiger partial charge in [-0.2, -0.15) is 13.2 Å². The molecule has 5 nitrogen and oxygen atoms in total. The molecule has 1 aromatic rings. The Kier molecular flexibility index (Phi) is 7.04. The highest BCUT2D eigenvalue weighted by molar-refractivity contribution is 6.31. The molecule has 0 bridgehead atoms. The van der Waals surface area contributed by atoms with Gasteiger partial charge in [-0.25, -0.2) is 0 Å². The molecule has 2 atom stereocenters. The van der Waals surface area contributed by atoms with Crippen LogP contribution in [0.25, 0.3) is 0 Å². The molecule has 0 unspecified atom stereocenters. The Bertz CT molecular complexity index is 608. The highest BCUT2D eigenvalue weighted by Gasteiger charge is 2.33. The number of carboxylic acids is 1. The third kappa shape index (κ3) is 5.68.